The fourth-order valence-electron chi connectivity index (χ4n) is 3.80. The molecule has 160 valence electrons. The highest BCUT2D eigenvalue weighted by Crippen LogP contribution is 2.19. The first-order valence-corrected chi connectivity index (χ1v) is 10.5. The van der Waals surface area contributed by atoms with E-state index in [0.717, 1.165) is 37.4 Å². The number of rotatable bonds is 6. The van der Waals surface area contributed by atoms with Gasteiger partial charge in [0.15, 0.2) is 0 Å². The quantitative estimate of drug-likeness (QED) is 0.799. The van der Waals surface area contributed by atoms with Crippen LogP contribution in [0.5, 0.6) is 0 Å². The van der Waals surface area contributed by atoms with Gasteiger partial charge in [0.2, 0.25) is 11.8 Å². The normalized spacial score (nSPS) is 15.5. The minimum atomic E-state index is -0.248. The molecule has 0 bridgehead atoms. The van der Waals surface area contributed by atoms with E-state index in [2.05, 4.69) is 46.3 Å². The van der Waals surface area contributed by atoms with Gasteiger partial charge in [-0.15, -0.1) is 0 Å². The summed E-state index contributed by atoms with van der Waals surface area (Å²) in [5, 5.41) is 2.85. The van der Waals surface area contributed by atoms with Gasteiger partial charge in [-0.1, -0.05) is 29.8 Å². The molecule has 2 amide bonds. The van der Waals surface area contributed by atoms with Gasteiger partial charge in [-0.2, -0.15) is 0 Å². The maximum Gasteiger partial charge on any atom is 0.243 e. The molecule has 1 saturated heterocycles. The second kappa shape index (κ2) is 9.76. The van der Waals surface area contributed by atoms with Gasteiger partial charge < -0.3 is 15.1 Å². The van der Waals surface area contributed by atoms with Gasteiger partial charge in [-0.25, -0.2) is 0 Å². The van der Waals surface area contributed by atoms with Crippen molar-refractivity contribution in [3.05, 3.63) is 59.7 Å². The zero-order valence-corrected chi connectivity index (χ0v) is 18.4. The maximum atomic E-state index is 12.9. The van der Waals surface area contributed by atoms with Crippen LogP contribution in [-0.4, -0.2) is 67.4 Å². The van der Waals surface area contributed by atoms with E-state index in [0.29, 0.717) is 0 Å². The summed E-state index contributed by atoms with van der Waals surface area (Å²) in [6.07, 6.45) is 0. The summed E-state index contributed by atoms with van der Waals surface area (Å²) in [5.74, 6) is -0.218. The number of nitrogens with zero attached hydrogens (tertiary/aromatic N) is 3. The number of likely N-dealkylation sites (N-methyl/N-ethyl adjacent to an activating group) is 1. The standard InChI is InChI=1S/C24H32N4O2/c1-18-8-10-21(11-9-18)25-23(29)17-26(4)24(30)20(3)27-12-14-28(15-13-27)22-7-5-6-19(2)16-22/h5-11,16,20H,12-15,17H2,1-4H3,(H,25,29)/t20-/m1/s1. The molecule has 2 aromatic rings. The Morgan fingerprint density at radius 1 is 1.00 bits per heavy atom. The second-order valence-electron chi connectivity index (χ2n) is 8.15. The molecule has 2 aromatic carbocycles. The van der Waals surface area contributed by atoms with Crippen LogP contribution in [0.15, 0.2) is 48.5 Å². The topological polar surface area (TPSA) is 55.9 Å². The lowest BCUT2D eigenvalue weighted by Gasteiger charge is -2.39. The Hall–Kier alpha value is -2.86. The number of benzene rings is 2. The molecule has 1 aliphatic rings. The number of amides is 2. The molecular weight excluding hydrogens is 376 g/mol. The van der Waals surface area contributed by atoms with Crippen LogP contribution < -0.4 is 10.2 Å². The minimum absolute atomic E-state index is 0.0296. The maximum absolute atomic E-state index is 12.9. The van der Waals surface area contributed by atoms with E-state index >= 15 is 0 Å². The predicted octanol–water partition coefficient (Wildman–Crippen LogP) is 2.91. The highest BCUT2D eigenvalue weighted by atomic mass is 16.2. The molecule has 0 aliphatic carbocycles. The number of hydrogen-bond donors (Lipinski definition) is 1. The number of hydrogen-bond acceptors (Lipinski definition) is 4. The van der Waals surface area contributed by atoms with E-state index in [1.165, 1.54) is 16.2 Å². The van der Waals surface area contributed by atoms with E-state index in [4.69, 9.17) is 0 Å². The van der Waals surface area contributed by atoms with Gasteiger partial charge in [-0.05, 0) is 50.6 Å². The monoisotopic (exact) mass is 408 g/mol. The summed E-state index contributed by atoms with van der Waals surface area (Å²) in [7, 11) is 1.69. The van der Waals surface area contributed by atoms with E-state index < -0.39 is 0 Å². The molecule has 30 heavy (non-hydrogen) atoms. The summed E-state index contributed by atoms with van der Waals surface area (Å²) >= 11 is 0. The van der Waals surface area contributed by atoms with Crippen molar-refractivity contribution >= 4 is 23.2 Å². The third-order valence-corrected chi connectivity index (χ3v) is 5.68. The second-order valence-corrected chi connectivity index (χ2v) is 8.15. The molecule has 6 nitrogen and oxygen atoms in total. The van der Waals surface area contributed by atoms with Crippen molar-refractivity contribution < 1.29 is 9.59 Å². The molecule has 3 rings (SSSR count). The molecule has 1 N–H and O–H groups in total. The Morgan fingerprint density at radius 2 is 1.67 bits per heavy atom. The average molecular weight is 409 g/mol. The summed E-state index contributed by atoms with van der Waals surface area (Å²) in [4.78, 5) is 31.2. The lowest BCUT2D eigenvalue weighted by atomic mass is 10.1. The zero-order valence-electron chi connectivity index (χ0n) is 18.4. The van der Waals surface area contributed by atoms with Crippen molar-refractivity contribution in [2.45, 2.75) is 26.8 Å². The van der Waals surface area contributed by atoms with Crippen LogP contribution in [-0.2, 0) is 9.59 Å². The number of anilines is 2. The number of carbonyl (C=O) groups excluding carboxylic acids is 2. The molecule has 1 fully saturated rings. The molecule has 1 atom stereocenters. The van der Waals surface area contributed by atoms with Crippen LogP contribution in [0.4, 0.5) is 11.4 Å². The number of nitrogens with one attached hydrogen (secondary N) is 1. The average Bonchev–Trinajstić information content (AvgIpc) is 2.74. The largest absolute Gasteiger partial charge is 0.369 e. The van der Waals surface area contributed by atoms with Crippen molar-refractivity contribution in [3.8, 4) is 0 Å². The highest BCUT2D eigenvalue weighted by molar-refractivity contribution is 5.95. The van der Waals surface area contributed by atoms with Crippen LogP contribution in [0.1, 0.15) is 18.1 Å². The van der Waals surface area contributed by atoms with E-state index in [-0.39, 0.29) is 24.4 Å². The first kappa shape index (κ1) is 21.8. The summed E-state index contributed by atoms with van der Waals surface area (Å²) in [6, 6.07) is 15.9. The first-order valence-electron chi connectivity index (χ1n) is 10.5. The Bertz CT molecular complexity index is 873. The van der Waals surface area contributed by atoms with E-state index in [1.807, 2.05) is 38.1 Å². The van der Waals surface area contributed by atoms with Crippen molar-refractivity contribution in [1.82, 2.24) is 9.80 Å². The molecule has 6 heteroatoms. The SMILES string of the molecule is Cc1ccc(NC(=O)CN(C)C(=O)[C@@H](C)N2CCN(c3cccc(C)c3)CC2)cc1. The number of aryl methyl sites for hydroxylation is 2. The Morgan fingerprint density at radius 3 is 2.30 bits per heavy atom. The Balaban J connectivity index is 1.48. The van der Waals surface area contributed by atoms with Gasteiger partial charge in [0.1, 0.15) is 0 Å². The fraction of sp³-hybridized carbons (Fsp3) is 0.417. The van der Waals surface area contributed by atoms with Crippen molar-refractivity contribution in [2.75, 3.05) is 50.0 Å². The molecule has 0 saturated carbocycles. The smallest absolute Gasteiger partial charge is 0.243 e. The first-order chi connectivity index (χ1) is 14.3. The molecular formula is C24H32N4O2. The fourth-order valence-corrected chi connectivity index (χ4v) is 3.80. The number of carbonyl (C=O) groups is 2. The van der Waals surface area contributed by atoms with Crippen LogP contribution in [0.2, 0.25) is 0 Å². The van der Waals surface area contributed by atoms with Gasteiger partial charge in [-0.3, -0.25) is 14.5 Å². The summed E-state index contributed by atoms with van der Waals surface area (Å²) < 4.78 is 0. The Labute approximate surface area is 179 Å². The molecule has 1 heterocycles. The zero-order chi connectivity index (χ0) is 21.7. The molecule has 1 aliphatic heterocycles. The van der Waals surface area contributed by atoms with Gasteiger partial charge in [0.05, 0.1) is 12.6 Å². The third kappa shape index (κ3) is 5.60. The van der Waals surface area contributed by atoms with Crippen molar-refractivity contribution in [1.29, 1.82) is 0 Å². The minimum Gasteiger partial charge on any atom is -0.369 e. The number of piperazine rings is 1. The molecule has 0 spiro atoms. The van der Waals surface area contributed by atoms with Crippen LogP contribution in [0, 0.1) is 13.8 Å². The van der Waals surface area contributed by atoms with E-state index in [9.17, 15) is 9.59 Å². The van der Waals surface area contributed by atoms with E-state index in [1.54, 1.807) is 7.05 Å². The van der Waals surface area contributed by atoms with Crippen LogP contribution >= 0.6 is 0 Å². The lowest BCUT2D eigenvalue weighted by molar-refractivity contribution is -0.137. The van der Waals surface area contributed by atoms with Gasteiger partial charge >= 0.3 is 0 Å². The third-order valence-electron chi connectivity index (χ3n) is 5.68. The van der Waals surface area contributed by atoms with Crippen LogP contribution in [0.3, 0.4) is 0 Å². The van der Waals surface area contributed by atoms with Crippen LogP contribution in [0.25, 0.3) is 0 Å². The van der Waals surface area contributed by atoms with Gasteiger partial charge in [0.25, 0.3) is 0 Å². The summed E-state index contributed by atoms with van der Waals surface area (Å²) in [6.45, 7) is 9.50. The van der Waals surface area contributed by atoms with Crippen molar-refractivity contribution in [2.24, 2.45) is 0 Å². The van der Waals surface area contributed by atoms with Gasteiger partial charge in [0, 0.05) is 44.6 Å². The molecule has 0 unspecified atom stereocenters. The molecule has 0 radical (unpaired) electrons. The highest BCUT2D eigenvalue weighted by Gasteiger charge is 2.28. The molecule has 0 aromatic heterocycles. The Kier molecular flexibility index (Phi) is 7.11. The predicted molar refractivity (Wildman–Crippen MR) is 122 cm³/mol. The van der Waals surface area contributed by atoms with Crippen molar-refractivity contribution in [3.63, 3.8) is 0 Å². The summed E-state index contributed by atoms with van der Waals surface area (Å²) in [5.41, 5.74) is 4.37. The lowest BCUT2D eigenvalue weighted by Crippen LogP contribution is -2.54.